The molecule has 0 amide bonds. The Kier molecular flexibility index (Phi) is 4.18. The third-order valence-electron chi connectivity index (χ3n) is 2.79. The van der Waals surface area contributed by atoms with Crippen molar-refractivity contribution in [1.82, 2.24) is 4.98 Å². The minimum atomic E-state index is 0.924. The van der Waals surface area contributed by atoms with Gasteiger partial charge in [0.1, 0.15) is 5.82 Å². The van der Waals surface area contributed by atoms with Gasteiger partial charge < -0.3 is 10.2 Å². The third kappa shape index (κ3) is 3.48. The fraction of sp³-hybridized carbons (Fsp3) is 0.267. The lowest BCUT2D eigenvalue weighted by Crippen LogP contribution is -2.11. The van der Waals surface area contributed by atoms with Crippen molar-refractivity contribution < 1.29 is 0 Å². The Hall–Kier alpha value is -2.03. The monoisotopic (exact) mass is 241 g/mol. The summed E-state index contributed by atoms with van der Waals surface area (Å²) in [7, 11) is 3.98. The molecule has 0 unspecified atom stereocenters. The van der Waals surface area contributed by atoms with Crippen molar-refractivity contribution in [3.8, 4) is 0 Å². The predicted octanol–water partition coefficient (Wildman–Crippen LogP) is 2.80. The maximum atomic E-state index is 4.37. The van der Waals surface area contributed by atoms with Gasteiger partial charge in [-0.2, -0.15) is 0 Å². The Bertz CT molecular complexity index is 463. The molecule has 2 aromatic rings. The van der Waals surface area contributed by atoms with Gasteiger partial charge in [-0.3, -0.25) is 0 Å². The van der Waals surface area contributed by atoms with Gasteiger partial charge in [0.25, 0.3) is 0 Å². The first kappa shape index (κ1) is 12.4. The summed E-state index contributed by atoms with van der Waals surface area (Å²) in [5, 5.41) is 3.38. The lowest BCUT2D eigenvalue weighted by Gasteiger charge is -2.12. The summed E-state index contributed by atoms with van der Waals surface area (Å²) in [6, 6.07) is 14.6. The van der Waals surface area contributed by atoms with E-state index in [9.17, 15) is 0 Å². The van der Waals surface area contributed by atoms with Gasteiger partial charge >= 0.3 is 0 Å². The third-order valence-corrected chi connectivity index (χ3v) is 2.79. The van der Waals surface area contributed by atoms with Crippen molar-refractivity contribution in [3.63, 3.8) is 0 Å². The van der Waals surface area contributed by atoms with E-state index in [0.717, 1.165) is 24.5 Å². The fourth-order valence-electron chi connectivity index (χ4n) is 1.75. The summed E-state index contributed by atoms with van der Waals surface area (Å²) < 4.78 is 0. The Morgan fingerprint density at radius 3 is 2.44 bits per heavy atom. The summed E-state index contributed by atoms with van der Waals surface area (Å²) in [4.78, 5) is 6.36. The molecule has 1 heterocycles. The average Bonchev–Trinajstić information content (AvgIpc) is 2.40. The van der Waals surface area contributed by atoms with Gasteiger partial charge in [-0.05, 0) is 24.1 Å². The molecule has 1 N–H and O–H groups in total. The molecule has 0 fully saturated rings. The Labute approximate surface area is 108 Å². The molecule has 0 aliphatic rings. The van der Waals surface area contributed by atoms with Crippen LogP contribution in [0.1, 0.15) is 5.56 Å². The van der Waals surface area contributed by atoms with E-state index >= 15 is 0 Å². The number of benzene rings is 1. The first-order valence-corrected chi connectivity index (χ1v) is 6.17. The summed E-state index contributed by atoms with van der Waals surface area (Å²) >= 11 is 0. The van der Waals surface area contributed by atoms with Crippen molar-refractivity contribution in [1.29, 1.82) is 0 Å². The summed E-state index contributed by atoms with van der Waals surface area (Å²) in [6.45, 7) is 0.924. The molecule has 1 aromatic heterocycles. The Morgan fingerprint density at radius 1 is 1.06 bits per heavy atom. The SMILES string of the molecule is CN(C)c1ccc(NCCc2ccccc2)cn1. The highest BCUT2D eigenvalue weighted by molar-refractivity contribution is 5.47. The number of rotatable bonds is 5. The van der Waals surface area contributed by atoms with E-state index in [1.54, 1.807) is 0 Å². The van der Waals surface area contributed by atoms with Crippen LogP contribution in [0, 0.1) is 0 Å². The molecule has 0 bridgehead atoms. The van der Waals surface area contributed by atoms with Crippen LogP contribution in [0.25, 0.3) is 0 Å². The number of aromatic nitrogens is 1. The minimum Gasteiger partial charge on any atom is -0.383 e. The maximum absolute atomic E-state index is 4.37. The Morgan fingerprint density at radius 2 is 1.83 bits per heavy atom. The highest BCUT2D eigenvalue weighted by Gasteiger charge is 1.97. The van der Waals surface area contributed by atoms with Crippen molar-refractivity contribution in [2.24, 2.45) is 0 Å². The van der Waals surface area contributed by atoms with Crippen molar-refractivity contribution >= 4 is 11.5 Å². The predicted molar refractivity (Wildman–Crippen MR) is 77.2 cm³/mol. The second-order valence-corrected chi connectivity index (χ2v) is 4.46. The molecule has 1 aromatic carbocycles. The van der Waals surface area contributed by atoms with Crippen LogP contribution < -0.4 is 10.2 Å². The van der Waals surface area contributed by atoms with Crippen molar-refractivity contribution in [2.75, 3.05) is 30.9 Å². The molecule has 2 rings (SSSR count). The number of hydrogen-bond acceptors (Lipinski definition) is 3. The molecule has 0 aliphatic heterocycles. The second kappa shape index (κ2) is 6.05. The van der Waals surface area contributed by atoms with E-state index in [1.165, 1.54) is 5.56 Å². The first-order valence-electron chi connectivity index (χ1n) is 6.17. The van der Waals surface area contributed by atoms with E-state index in [0.29, 0.717) is 0 Å². The van der Waals surface area contributed by atoms with Crippen LogP contribution in [0.4, 0.5) is 11.5 Å². The zero-order chi connectivity index (χ0) is 12.8. The van der Waals surface area contributed by atoms with Gasteiger partial charge in [0.2, 0.25) is 0 Å². The molecule has 94 valence electrons. The number of pyridine rings is 1. The smallest absolute Gasteiger partial charge is 0.128 e. The van der Waals surface area contributed by atoms with Crippen LogP contribution in [0.2, 0.25) is 0 Å². The van der Waals surface area contributed by atoms with Gasteiger partial charge in [0, 0.05) is 20.6 Å². The summed E-state index contributed by atoms with van der Waals surface area (Å²) in [6.07, 6.45) is 2.90. The lowest BCUT2D eigenvalue weighted by atomic mass is 10.1. The van der Waals surface area contributed by atoms with Crippen LogP contribution in [0.3, 0.4) is 0 Å². The van der Waals surface area contributed by atoms with Gasteiger partial charge in [-0.25, -0.2) is 4.98 Å². The first-order chi connectivity index (χ1) is 8.75. The molecular weight excluding hydrogens is 222 g/mol. The normalized spacial score (nSPS) is 10.1. The zero-order valence-corrected chi connectivity index (χ0v) is 10.9. The standard InChI is InChI=1S/C15H19N3/c1-18(2)15-9-8-14(12-17-15)16-11-10-13-6-4-3-5-7-13/h3-9,12,16H,10-11H2,1-2H3. The number of anilines is 2. The molecule has 0 saturated carbocycles. The van der Waals surface area contributed by atoms with Crippen LogP contribution in [0.5, 0.6) is 0 Å². The molecule has 0 spiro atoms. The molecule has 3 heteroatoms. The topological polar surface area (TPSA) is 28.2 Å². The van der Waals surface area contributed by atoms with E-state index in [1.807, 2.05) is 37.3 Å². The number of hydrogen-bond donors (Lipinski definition) is 1. The molecule has 3 nitrogen and oxygen atoms in total. The zero-order valence-electron chi connectivity index (χ0n) is 10.9. The summed E-state index contributed by atoms with van der Waals surface area (Å²) in [5.74, 6) is 0.976. The van der Waals surface area contributed by atoms with Crippen molar-refractivity contribution in [3.05, 3.63) is 54.2 Å². The summed E-state index contributed by atoms with van der Waals surface area (Å²) in [5.41, 5.74) is 2.42. The number of nitrogens with zero attached hydrogens (tertiary/aromatic N) is 2. The number of nitrogens with one attached hydrogen (secondary N) is 1. The van der Waals surface area contributed by atoms with Gasteiger partial charge in [0.15, 0.2) is 0 Å². The van der Waals surface area contributed by atoms with Crippen LogP contribution in [-0.4, -0.2) is 25.6 Å². The van der Waals surface area contributed by atoms with Crippen molar-refractivity contribution in [2.45, 2.75) is 6.42 Å². The molecule has 0 radical (unpaired) electrons. The van der Waals surface area contributed by atoms with Gasteiger partial charge in [0.05, 0.1) is 11.9 Å². The van der Waals surface area contributed by atoms with Gasteiger partial charge in [-0.15, -0.1) is 0 Å². The fourth-order valence-corrected chi connectivity index (χ4v) is 1.75. The average molecular weight is 241 g/mol. The maximum Gasteiger partial charge on any atom is 0.128 e. The molecule has 0 atom stereocenters. The van der Waals surface area contributed by atoms with E-state index < -0.39 is 0 Å². The molecule has 0 saturated heterocycles. The van der Waals surface area contributed by atoms with E-state index in [4.69, 9.17) is 0 Å². The second-order valence-electron chi connectivity index (χ2n) is 4.46. The van der Waals surface area contributed by atoms with Crippen LogP contribution >= 0.6 is 0 Å². The quantitative estimate of drug-likeness (QED) is 0.872. The molecule has 0 aliphatic carbocycles. The lowest BCUT2D eigenvalue weighted by molar-refractivity contribution is 1.01. The van der Waals surface area contributed by atoms with Crippen LogP contribution in [0.15, 0.2) is 48.7 Å². The van der Waals surface area contributed by atoms with Crippen LogP contribution in [-0.2, 0) is 6.42 Å². The van der Waals surface area contributed by atoms with E-state index in [2.05, 4.69) is 40.6 Å². The largest absolute Gasteiger partial charge is 0.383 e. The molecular formula is C15H19N3. The molecule has 18 heavy (non-hydrogen) atoms. The highest BCUT2D eigenvalue weighted by Crippen LogP contribution is 2.11. The Balaban J connectivity index is 1.83. The van der Waals surface area contributed by atoms with Gasteiger partial charge in [-0.1, -0.05) is 30.3 Å². The highest BCUT2D eigenvalue weighted by atomic mass is 15.1. The minimum absolute atomic E-state index is 0.924. The van der Waals surface area contributed by atoms with E-state index in [-0.39, 0.29) is 0 Å².